The number of carbonyl (C=O) groups is 1. The number of hydrogen-bond acceptors (Lipinski definition) is 9. The molecule has 1 aromatic carbocycles. The van der Waals surface area contributed by atoms with Gasteiger partial charge in [0.1, 0.15) is 11.6 Å². The summed E-state index contributed by atoms with van der Waals surface area (Å²) >= 11 is 0. The van der Waals surface area contributed by atoms with Crippen LogP contribution in [0.3, 0.4) is 0 Å². The summed E-state index contributed by atoms with van der Waals surface area (Å²) in [5, 5.41) is 18.8. The van der Waals surface area contributed by atoms with E-state index in [9.17, 15) is 19.1 Å². The quantitative estimate of drug-likeness (QED) is 0.501. The Hall–Kier alpha value is -3.51. The molecule has 1 aromatic heterocycles. The van der Waals surface area contributed by atoms with Crippen molar-refractivity contribution < 1.29 is 14.3 Å². The lowest BCUT2D eigenvalue weighted by Crippen LogP contribution is -2.55. The molecule has 0 saturated heterocycles. The molecule has 4 rings (SSSR count). The molecule has 0 saturated carbocycles. The summed E-state index contributed by atoms with van der Waals surface area (Å²) < 4.78 is 14.5. The number of amidine groups is 1. The third-order valence-corrected chi connectivity index (χ3v) is 5.63. The second kappa shape index (κ2) is 8.20. The standard InChI is InChI=1S/C20H25FN8O3/c1-20(2)19-23-15(17(31)22-10-12-4-6-13(21)7-5-12)16(30)18(32)29(19)9-8-28(20)11-14-24-26-27(3)25-14/h4-7,26,30H,8-11H2,1-3H3,(H,22,31)(H,24,25). The van der Waals surface area contributed by atoms with Crippen LogP contribution in [-0.4, -0.2) is 56.6 Å². The van der Waals surface area contributed by atoms with Gasteiger partial charge in [0.15, 0.2) is 11.5 Å². The van der Waals surface area contributed by atoms with E-state index in [1.54, 1.807) is 12.2 Å². The van der Waals surface area contributed by atoms with Crippen LogP contribution in [0.5, 0.6) is 5.75 Å². The van der Waals surface area contributed by atoms with Crippen LogP contribution in [0.1, 0.15) is 35.7 Å². The fraction of sp³-hybridized carbons (Fsp3) is 0.400. The number of nitrogens with zero attached hydrogens (tertiary/aromatic N) is 5. The van der Waals surface area contributed by atoms with Crippen molar-refractivity contribution in [1.29, 1.82) is 0 Å². The van der Waals surface area contributed by atoms with Gasteiger partial charge in [-0.2, -0.15) is 0 Å². The molecule has 4 N–H and O–H groups in total. The third kappa shape index (κ3) is 4.01. The summed E-state index contributed by atoms with van der Waals surface area (Å²) in [7, 11) is 1.79. The van der Waals surface area contributed by atoms with Gasteiger partial charge in [-0.05, 0) is 31.5 Å². The van der Waals surface area contributed by atoms with Crippen LogP contribution in [0.25, 0.3) is 0 Å². The fourth-order valence-corrected chi connectivity index (χ4v) is 3.79. The number of amides is 1. The van der Waals surface area contributed by atoms with E-state index in [-0.39, 0.29) is 18.1 Å². The molecule has 3 heterocycles. The Kier molecular flexibility index (Phi) is 5.57. The fourth-order valence-electron chi connectivity index (χ4n) is 3.79. The van der Waals surface area contributed by atoms with Crippen molar-refractivity contribution in [3.05, 3.63) is 57.5 Å². The molecule has 1 amide bonds. The van der Waals surface area contributed by atoms with Crippen molar-refractivity contribution in [1.82, 2.24) is 35.8 Å². The van der Waals surface area contributed by atoms with Crippen molar-refractivity contribution in [3.8, 4) is 5.75 Å². The number of nitrogens with one attached hydrogen (secondary N) is 3. The monoisotopic (exact) mass is 444 g/mol. The van der Waals surface area contributed by atoms with Crippen LogP contribution in [0.2, 0.25) is 0 Å². The van der Waals surface area contributed by atoms with Gasteiger partial charge in [-0.3, -0.25) is 24.5 Å². The average Bonchev–Trinajstić information content (AvgIpc) is 3.16. The Labute approximate surface area is 183 Å². The first-order valence-electron chi connectivity index (χ1n) is 10.1. The van der Waals surface area contributed by atoms with Gasteiger partial charge in [0.25, 0.3) is 11.5 Å². The summed E-state index contributed by atoms with van der Waals surface area (Å²) in [4.78, 5) is 32.0. The first-order chi connectivity index (χ1) is 15.2. The van der Waals surface area contributed by atoms with Crippen LogP contribution in [0.4, 0.5) is 4.39 Å². The smallest absolute Gasteiger partial charge is 0.296 e. The van der Waals surface area contributed by atoms with Gasteiger partial charge in [-0.15, -0.1) is 10.2 Å². The maximum atomic E-state index is 13.1. The van der Waals surface area contributed by atoms with E-state index in [0.717, 1.165) is 0 Å². The van der Waals surface area contributed by atoms with Crippen molar-refractivity contribution in [2.75, 3.05) is 20.1 Å². The van der Waals surface area contributed by atoms with E-state index in [4.69, 9.17) is 0 Å². The van der Waals surface area contributed by atoms with Gasteiger partial charge in [-0.25, -0.2) is 14.9 Å². The summed E-state index contributed by atoms with van der Waals surface area (Å²) in [5.74, 6) is -0.684. The van der Waals surface area contributed by atoms with Crippen LogP contribution < -0.4 is 21.8 Å². The minimum absolute atomic E-state index is 0.0974. The molecule has 0 fully saturated rings. The number of benzene rings is 1. The molecule has 11 nitrogen and oxygen atoms in total. The lowest BCUT2D eigenvalue weighted by molar-refractivity contribution is 0.0866. The molecule has 32 heavy (non-hydrogen) atoms. The predicted octanol–water partition coefficient (Wildman–Crippen LogP) is -0.163. The molecule has 0 spiro atoms. The number of hydrogen-bond donors (Lipinski definition) is 4. The Balaban J connectivity index is 1.59. The lowest BCUT2D eigenvalue weighted by atomic mass is 9.98. The Morgan fingerprint density at radius 3 is 2.66 bits per heavy atom. The highest BCUT2D eigenvalue weighted by molar-refractivity contribution is 5.94. The number of aromatic nitrogens is 2. The molecule has 0 aliphatic carbocycles. The lowest BCUT2D eigenvalue weighted by Gasteiger charge is -2.42. The van der Waals surface area contributed by atoms with Crippen molar-refractivity contribution in [2.45, 2.75) is 32.5 Å². The van der Waals surface area contributed by atoms with Gasteiger partial charge in [0, 0.05) is 26.7 Å². The van der Waals surface area contributed by atoms with Crippen molar-refractivity contribution in [3.63, 3.8) is 0 Å². The van der Waals surface area contributed by atoms with Gasteiger partial charge in [0.2, 0.25) is 5.75 Å². The zero-order valence-corrected chi connectivity index (χ0v) is 18.0. The van der Waals surface area contributed by atoms with E-state index in [1.165, 1.54) is 28.8 Å². The molecule has 170 valence electrons. The molecule has 12 heteroatoms. The highest BCUT2D eigenvalue weighted by Crippen LogP contribution is 2.30. The molecular formula is C20H25FN8O3. The van der Waals surface area contributed by atoms with E-state index in [1.807, 2.05) is 13.8 Å². The molecule has 0 bridgehead atoms. The van der Waals surface area contributed by atoms with E-state index in [0.29, 0.717) is 36.9 Å². The van der Waals surface area contributed by atoms with E-state index >= 15 is 0 Å². The second-order valence-corrected chi connectivity index (χ2v) is 8.21. The molecule has 0 atom stereocenters. The second-order valence-electron chi connectivity index (χ2n) is 8.21. The van der Waals surface area contributed by atoms with Crippen molar-refractivity contribution >= 4 is 11.7 Å². The highest BCUT2D eigenvalue weighted by Gasteiger charge is 2.39. The number of rotatable bonds is 5. The maximum Gasteiger partial charge on any atom is 0.296 e. The summed E-state index contributed by atoms with van der Waals surface area (Å²) in [6, 6.07) is 5.65. The van der Waals surface area contributed by atoms with Gasteiger partial charge in [0.05, 0.1) is 12.1 Å². The largest absolute Gasteiger partial charge is 0.501 e. The Bertz CT molecular complexity index is 1130. The van der Waals surface area contributed by atoms with Crippen LogP contribution in [0.15, 0.2) is 34.2 Å². The summed E-state index contributed by atoms with van der Waals surface area (Å²) in [6.45, 7) is 5.20. The topological polar surface area (TPSA) is 127 Å². The molecule has 2 aliphatic heterocycles. The van der Waals surface area contributed by atoms with E-state index in [2.05, 4.69) is 31.3 Å². The van der Waals surface area contributed by atoms with Crippen molar-refractivity contribution in [2.24, 2.45) is 5.10 Å². The zero-order valence-electron chi connectivity index (χ0n) is 18.0. The minimum atomic E-state index is -0.720. The summed E-state index contributed by atoms with van der Waals surface area (Å²) in [5.41, 5.74) is 4.80. The van der Waals surface area contributed by atoms with Crippen LogP contribution in [-0.2, 0) is 18.6 Å². The first-order valence-corrected chi connectivity index (χ1v) is 10.1. The maximum absolute atomic E-state index is 13.1. The number of carbonyl (C=O) groups excluding carboxylic acids is 1. The number of hydrazone groups is 1. The predicted molar refractivity (Wildman–Crippen MR) is 114 cm³/mol. The number of hydrazine groups is 2. The zero-order chi connectivity index (χ0) is 23.0. The van der Waals surface area contributed by atoms with Gasteiger partial charge in [-0.1, -0.05) is 12.1 Å². The first kappa shape index (κ1) is 21.7. The van der Waals surface area contributed by atoms with Gasteiger partial charge < -0.3 is 10.4 Å². The molecule has 0 radical (unpaired) electrons. The Morgan fingerprint density at radius 1 is 1.28 bits per heavy atom. The van der Waals surface area contributed by atoms with E-state index < -0.39 is 22.8 Å². The minimum Gasteiger partial charge on any atom is -0.501 e. The Morgan fingerprint density at radius 2 is 2.00 bits per heavy atom. The number of aromatic hydroxyl groups is 1. The number of fused-ring (bicyclic) bond motifs is 1. The SMILES string of the molecule is CN1NN=C(CN2CCn3c(nc(C(=O)NCc4ccc(F)cc4)c(O)c3=O)C2(C)C)N1. The average molecular weight is 444 g/mol. The van der Waals surface area contributed by atoms with Crippen LogP contribution >= 0.6 is 0 Å². The summed E-state index contributed by atoms with van der Waals surface area (Å²) in [6.07, 6.45) is 0. The molecule has 2 aromatic rings. The number of halogens is 1. The van der Waals surface area contributed by atoms with Crippen LogP contribution in [0, 0.1) is 5.82 Å². The normalized spacial score (nSPS) is 17.8. The molecular weight excluding hydrogens is 419 g/mol. The highest BCUT2D eigenvalue weighted by atomic mass is 19.1. The third-order valence-electron chi connectivity index (χ3n) is 5.63. The van der Waals surface area contributed by atoms with Gasteiger partial charge >= 0.3 is 0 Å². The molecule has 2 aliphatic rings. The molecule has 0 unspecified atom stereocenters.